The largest absolute Gasteiger partial charge is 0.497 e. The number of pyridine rings is 2. The van der Waals surface area contributed by atoms with Crippen molar-refractivity contribution < 1.29 is 24.2 Å². The summed E-state index contributed by atoms with van der Waals surface area (Å²) in [5, 5.41) is 9.39. The molecular weight excluding hydrogens is 556 g/mol. The fourth-order valence-corrected chi connectivity index (χ4v) is 6.06. The Morgan fingerprint density at radius 1 is 1.05 bits per heavy atom. The number of carbonyl (C=O) groups is 2. The Hall–Kier alpha value is -4.14. The molecule has 234 valence electrons. The van der Waals surface area contributed by atoms with E-state index in [4.69, 9.17) is 9.47 Å². The van der Waals surface area contributed by atoms with Gasteiger partial charge < -0.3 is 19.5 Å². The van der Waals surface area contributed by atoms with Gasteiger partial charge >= 0.3 is 5.97 Å². The Bertz CT molecular complexity index is 1430. The Morgan fingerprint density at radius 2 is 1.82 bits per heavy atom. The summed E-state index contributed by atoms with van der Waals surface area (Å²) in [6.45, 7) is 8.31. The number of ether oxygens (including phenoxy) is 2. The quantitative estimate of drug-likeness (QED) is 0.234. The third-order valence-electron chi connectivity index (χ3n) is 9.18. The fourth-order valence-electron chi connectivity index (χ4n) is 6.06. The van der Waals surface area contributed by atoms with E-state index in [1.165, 1.54) is 0 Å². The lowest BCUT2D eigenvalue weighted by Gasteiger charge is -2.39. The van der Waals surface area contributed by atoms with Crippen LogP contribution < -0.4 is 19.3 Å². The molecule has 5 rings (SSSR count). The zero-order chi connectivity index (χ0) is 31.3. The fraction of sp³-hybridized carbons (Fsp3) is 0.486. The van der Waals surface area contributed by atoms with E-state index in [0.717, 1.165) is 56.4 Å². The number of aliphatic carboxylic acids is 1. The summed E-state index contributed by atoms with van der Waals surface area (Å²) < 4.78 is 11.7. The van der Waals surface area contributed by atoms with Crippen molar-refractivity contribution in [2.24, 2.45) is 11.8 Å². The molecule has 44 heavy (non-hydrogen) atoms. The molecule has 1 saturated carbocycles. The summed E-state index contributed by atoms with van der Waals surface area (Å²) in [5.74, 6) is 1.81. The first-order valence-electron chi connectivity index (χ1n) is 15.7. The molecule has 0 bridgehead atoms. The smallest absolute Gasteiger partial charge is 0.303 e. The van der Waals surface area contributed by atoms with E-state index in [-0.39, 0.29) is 18.2 Å². The van der Waals surface area contributed by atoms with Crippen molar-refractivity contribution in [2.75, 3.05) is 36.6 Å². The highest BCUT2D eigenvalue weighted by atomic mass is 16.5. The van der Waals surface area contributed by atoms with Gasteiger partial charge in [-0.2, -0.15) is 0 Å². The van der Waals surface area contributed by atoms with Gasteiger partial charge in [-0.25, -0.2) is 9.97 Å². The number of carboxylic acid groups (broad SMARTS) is 1. The molecule has 9 heteroatoms. The number of carbonyl (C=O) groups excluding carboxylic acids is 1. The van der Waals surface area contributed by atoms with Crippen molar-refractivity contribution in [3.63, 3.8) is 0 Å². The first kappa shape index (κ1) is 31.3. The average Bonchev–Trinajstić information content (AvgIpc) is 3.89. The van der Waals surface area contributed by atoms with Crippen LogP contribution in [0.15, 0.2) is 60.9 Å². The second-order valence-corrected chi connectivity index (χ2v) is 12.6. The minimum atomic E-state index is -0.771. The minimum Gasteiger partial charge on any atom is -0.497 e. The van der Waals surface area contributed by atoms with Crippen LogP contribution in [-0.4, -0.2) is 59.3 Å². The molecule has 1 N–H and O–H groups in total. The summed E-state index contributed by atoms with van der Waals surface area (Å²) in [7, 11) is 1.64. The van der Waals surface area contributed by atoms with Gasteiger partial charge in [0, 0.05) is 43.2 Å². The molecule has 2 fully saturated rings. The molecule has 1 unspecified atom stereocenters. The van der Waals surface area contributed by atoms with Crippen LogP contribution in [0.1, 0.15) is 81.1 Å². The minimum absolute atomic E-state index is 0.0114. The van der Waals surface area contributed by atoms with Gasteiger partial charge in [-0.15, -0.1) is 0 Å². The first-order valence-corrected chi connectivity index (χ1v) is 15.7. The third-order valence-corrected chi connectivity index (χ3v) is 9.18. The van der Waals surface area contributed by atoms with Gasteiger partial charge in [-0.3, -0.25) is 14.5 Å². The molecule has 1 aliphatic heterocycles. The molecular formula is C35H44N4O5. The number of rotatable bonds is 13. The number of hydrogen-bond acceptors (Lipinski definition) is 7. The lowest BCUT2D eigenvalue weighted by molar-refractivity contribution is -0.137. The van der Waals surface area contributed by atoms with Gasteiger partial charge in [0.2, 0.25) is 5.88 Å². The maximum atomic E-state index is 14.3. The molecule has 1 aliphatic carbocycles. The predicted octanol–water partition coefficient (Wildman–Crippen LogP) is 6.58. The van der Waals surface area contributed by atoms with Crippen LogP contribution in [0.3, 0.4) is 0 Å². The molecule has 3 heterocycles. The van der Waals surface area contributed by atoms with Crippen molar-refractivity contribution in [2.45, 2.75) is 70.8 Å². The maximum Gasteiger partial charge on any atom is 0.303 e. The molecule has 1 amide bonds. The highest BCUT2D eigenvalue weighted by Gasteiger charge is 2.36. The predicted molar refractivity (Wildman–Crippen MR) is 171 cm³/mol. The van der Waals surface area contributed by atoms with Crippen LogP contribution in [0.2, 0.25) is 0 Å². The molecule has 2 aliphatic rings. The van der Waals surface area contributed by atoms with Crippen molar-refractivity contribution in [3.8, 4) is 11.6 Å². The van der Waals surface area contributed by atoms with E-state index in [0.29, 0.717) is 41.5 Å². The average molecular weight is 601 g/mol. The summed E-state index contributed by atoms with van der Waals surface area (Å²) in [6, 6.07) is 15.2. The van der Waals surface area contributed by atoms with Gasteiger partial charge in [0.1, 0.15) is 11.6 Å². The van der Waals surface area contributed by atoms with Crippen LogP contribution in [0.4, 0.5) is 11.5 Å². The number of carboxylic acids is 1. The van der Waals surface area contributed by atoms with E-state index in [9.17, 15) is 14.7 Å². The molecule has 1 aromatic carbocycles. The molecule has 1 atom stereocenters. The topological polar surface area (TPSA) is 105 Å². The van der Waals surface area contributed by atoms with E-state index >= 15 is 0 Å². The van der Waals surface area contributed by atoms with Crippen molar-refractivity contribution in [3.05, 3.63) is 72.1 Å². The number of nitrogens with zero attached hydrogens (tertiary/aromatic N) is 4. The van der Waals surface area contributed by atoms with E-state index in [1.54, 1.807) is 19.5 Å². The van der Waals surface area contributed by atoms with Gasteiger partial charge in [0.25, 0.3) is 5.91 Å². The zero-order valence-electron chi connectivity index (χ0n) is 26.2. The van der Waals surface area contributed by atoms with Crippen LogP contribution >= 0.6 is 0 Å². The lowest BCUT2D eigenvalue weighted by atomic mass is 9.92. The Morgan fingerprint density at radius 3 is 2.45 bits per heavy atom. The zero-order valence-corrected chi connectivity index (χ0v) is 26.2. The van der Waals surface area contributed by atoms with Gasteiger partial charge in [-0.1, -0.05) is 13.0 Å². The number of aromatic nitrogens is 2. The lowest BCUT2D eigenvalue weighted by Crippen LogP contribution is -2.48. The molecule has 3 aromatic rings. The number of amides is 1. The van der Waals surface area contributed by atoms with Crippen molar-refractivity contribution in [1.82, 2.24) is 9.97 Å². The number of methoxy groups -OCH3 is 1. The van der Waals surface area contributed by atoms with E-state index in [1.807, 2.05) is 53.4 Å². The Labute approximate surface area is 260 Å². The summed E-state index contributed by atoms with van der Waals surface area (Å²) in [5.41, 5.74) is 2.04. The summed E-state index contributed by atoms with van der Waals surface area (Å²) >= 11 is 0. The molecule has 0 spiro atoms. The Balaban J connectivity index is 1.28. The molecule has 1 saturated heterocycles. The van der Waals surface area contributed by atoms with Crippen molar-refractivity contribution in [1.29, 1.82) is 0 Å². The van der Waals surface area contributed by atoms with Crippen LogP contribution in [-0.2, 0) is 4.79 Å². The number of piperidine rings is 1. The Kier molecular flexibility index (Phi) is 9.71. The highest BCUT2D eigenvalue weighted by molar-refractivity contribution is 6.10. The second-order valence-electron chi connectivity index (χ2n) is 12.6. The first-order chi connectivity index (χ1) is 21.2. The standard InChI is InChI=1S/C35H44N4O5/c1-5-35(2,3)39(31-8-6-7-16-36-31)34(42)28-12-11-27(43-4)21-30(28)38-18-14-24(15-19-38)23-44-32-20-26(13-17-37-32)29(22-33(40)41)25-9-10-25/h6-8,11-13,16-17,20-21,24-25,29H,5,9-10,14-15,18-19,22-23H2,1-4H3,(H,40,41). The molecule has 9 nitrogen and oxygen atoms in total. The molecule has 0 radical (unpaired) electrons. The van der Waals surface area contributed by atoms with Gasteiger partial charge in [0.15, 0.2) is 0 Å². The summed E-state index contributed by atoms with van der Waals surface area (Å²) in [4.78, 5) is 38.7. The van der Waals surface area contributed by atoms with Gasteiger partial charge in [0.05, 0.1) is 31.4 Å². The SMILES string of the molecule is CCC(C)(C)N(C(=O)c1ccc(OC)cc1N1CCC(COc2cc(C(CC(=O)O)C3CC3)ccn2)CC1)c1ccccn1. The summed E-state index contributed by atoms with van der Waals surface area (Å²) in [6.07, 6.45) is 8.30. The monoisotopic (exact) mass is 600 g/mol. The van der Waals surface area contributed by atoms with E-state index < -0.39 is 11.5 Å². The van der Waals surface area contributed by atoms with Crippen molar-refractivity contribution >= 4 is 23.4 Å². The third kappa shape index (κ3) is 7.31. The highest BCUT2D eigenvalue weighted by Crippen LogP contribution is 2.45. The van der Waals surface area contributed by atoms with Crippen LogP contribution in [0, 0.1) is 11.8 Å². The van der Waals surface area contributed by atoms with Gasteiger partial charge in [-0.05, 0) is 99.6 Å². The number of hydrogen-bond donors (Lipinski definition) is 1. The normalized spacial score (nSPS) is 16.3. The molecule has 2 aromatic heterocycles. The van der Waals surface area contributed by atoms with E-state index in [2.05, 4.69) is 35.6 Å². The van der Waals surface area contributed by atoms with Crippen LogP contribution in [0.5, 0.6) is 11.6 Å². The maximum absolute atomic E-state index is 14.3. The number of benzene rings is 1. The second kappa shape index (κ2) is 13.7. The number of anilines is 2. The van der Waals surface area contributed by atoms with Crippen LogP contribution in [0.25, 0.3) is 0 Å².